The molecule has 2 unspecified atom stereocenters. The van der Waals surface area contributed by atoms with Gasteiger partial charge in [0.05, 0.1) is 0 Å². The molecule has 3 aliphatic rings. The van der Waals surface area contributed by atoms with Gasteiger partial charge in [0.15, 0.2) is 0 Å². The van der Waals surface area contributed by atoms with Crippen LogP contribution in [0.4, 0.5) is 0 Å². The monoisotopic (exact) mass is 840 g/mol. The second kappa shape index (κ2) is 12.7. The molecule has 0 spiro atoms. The van der Waals surface area contributed by atoms with Crippen LogP contribution in [0.1, 0.15) is 63.0 Å². The van der Waals surface area contributed by atoms with Gasteiger partial charge in [0.25, 0.3) is 0 Å². The second-order valence-electron chi connectivity index (χ2n) is 16.4. The third-order valence-corrected chi connectivity index (χ3v) is 28.4. The second-order valence-corrected chi connectivity index (χ2v) is 33.6. The zero-order chi connectivity index (χ0) is 35.8. The van der Waals surface area contributed by atoms with E-state index in [9.17, 15) is 0 Å². The van der Waals surface area contributed by atoms with Crippen LogP contribution in [0.2, 0.25) is 9.36 Å². The van der Waals surface area contributed by atoms with Crippen molar-refractivity contribution in [2.24, 2.45) is 5.41 Å². The van der Waals surface area contributed by atoms with Gasteiger partial charge in [-0.2, -0.15) is 0 Å². The first-order chi connectivity index (χ1) is 25.2. The molecule has 1 heterocycles. The number of benzene rings is 6. The van der Waals surface area contributed by atoms with Crippen molar-refractivity contribution in [2.75, 3.05) is 0 Å². The maximum atomic E-state index is 2.79. The Labute approximate surface area is 315 Å². The SMILES string of the molecule is Cc1cccc(-c2cccc3c2C=C2[CH]3[Hf]([CH3])([CH3])[CH]3C(=Cc4c(-c5cccc(C)c5C)cccc43)C2(Cc2ccccc2)Cc2ccccc2)c1C. The summed E-state index contributed by atoms with van der Waals surface area (Å²) in [6.45, 7) is 9.11. The zero-order valence-electron chi connectivity index (χ0n) is 31.4. The Morgan fingerprint density at radius 1 is 0.442 bits per heavy atom. The van der Waals surface area contributed by atoms with Crippen molar-refractivity contribution in [3.8, 4) is 22.3 Å². The molecular formula is C51H48Hf. The molecule has 0 saturated carbocycles. The maximum absolute atomic E-state index is 3.34. The van der Waals surface area contributed by atoms with Crippen molar-refractivity contribution in [1.82, 2.24) is 0 Å². The van der Waals surface area contributed by atoms with E-state index >= 15 is 0 Å². The Morgan fingerprint density at radius 3 is 1.25 bits per heavy atom. The molecule has 1 saturated heterocycles. The average molecular weight is 839 g/mol. The summed E-state index contributed by atoms with van der Waals surface area (Å²) in [5.41, 5.74) is 23.2. The van der Waals surface area contributed by atoms with Gasteiger partial charge in [0.1, 0.15) is 0 Å². The van der Waals surface area contributed by atoms with Crippen LogP contribution in [0, 0.1) is 33.1 Å². The molecule has 6 aromatic carbocycles. The summed E-state index contributed by atoms with van der Waals surface area (Å²) in [5.74, 6) is 0. The summed E-state index contributed by atoms with van der Waals surface area (Å²) >= 11 is -3.34. The molecule has 0 bridgehead atoms. The summed E-state index contributed by atoms with van der Waals surface area (Å²) in [6.07, 6.45) is 7.43. The number of allylic oxidation sites excluding steroid dienone is 2. The predicted octanol–water partition coefficient (Wildman–Crippen LogP) is 13.6. The topological polar surface area (TPSA) is 0 Å². The third kappa shape index (κ3) is 5.10. The van der Waals surface area contributed by atoms with Crippen molar-refractivity contribution < 1.29 is 20.0 Å². The van der Waals surface area contributed by atoms with Gasteiger partial charge < -0.3 is 0 Å². The first-order valence-corrected chi connectivity index (χ1v) is 30.4. The van der Waals surface area contributed by atoms with Crippen LogP contribution in [-0.2, 0) is 32.8 Å². The molecule has 52 heavy (non-hydrogen) atoms. The first kappa shape index (κ1) is 33.5. The Hall–Kier alpha value is -4.33. The third-order valence-electron chi connectivity index (χ3n) is 13.2. The van der Waals surface area contributed by atoms with E-state index in [0.717, 1.165) is 12.8 Å². The van der Waals surface area contributed by atoms with Gasteiger partial charge in [-0.05, 0) is 0 Å². The molecule has 0 aromatic heterocycles. The molecule has 9 rings (SSSR count). The Balaban J connectivity index is 1.36. The molecule has 0 nitrogen and oxygen atoms in total. The van der Waals surface area contributed by atoms with Gasteiger partial charge in [-0.1, -0.05) is 0 Å². The van der Waals surface area contributed by atoms with Gasteiger partial charge in [-0.25, -0.2) is 0 Å². The summed E-state index contributed by atoms with van der Waals surface area (Å²) in [5, 5.41) is 0. The van der Waals surface area contributed by atoms with Crippen molar-refractivity contribution in [2.45, 2.75) is 57.2 Å². The molecule has 0 N–H and O–H groups in total. The summed E-state index contributed by atoms with van der Waals surface area (Å²) in [7, 11) is 0. The van der Waals surface area contributed by atoms with E-state index in [0.29, 0.717) is 7.35 Å². The van der Waals surface area contributed by atoms with Crippen molar-refractivity contribution >= 4 is 12.2 Å². The molecule has 256 valence electrons. The Morgan fingerprint density at radius 2 is 0.827 bits per heavy atom. The number of rotatable bonds is 6. The quantitative estimate of drug-likeness (QED) is 0.147. The Kier molecular flexibility index (Phi) is 8.16. The van der Waals surface area contributed by atoms with Crippen LogP contribution in [0.3, 0.4) is 0 Å². The first-order valence-electron chi connectivity index (χ1n) is 19.1. The van der Waals surface area contributed by atoms with Crippen molar-refractivity contribution in [3.05, 3.63) is 200 Å². The zero-order valence-corrected chi connectivity index (χ0v) is 35.0. The molecule has 0 amide bonds. The number of fused-ring (bicyclic) bond motifs is 6. The van der Waals surface area contributed by atoms with Gasteiger partial charge in [-0.3, -0.25) is 0 Å². The summed E-state index contributed by atoms with van der Waals surface area (Å²) in [6, 6.07) is 51.0. The fourth-order valence-corrected chi connectivity index (χ4v) is 27.6. The molecule has 1 aliphatic heterocycles. The van der Waals surface area contributed by atoms with Crippen LogP contribution in [0.25, 0.3) is 34.4 Å². The van der Waals surface area contributed by atoms with E-state index in [-0.39, 0.29) is 5.41 Å². The minimum atomic E-state index is -3.34. The predicted molar refractivity (Wildman–Crippen MR) is 219 cm³/mol. The van der Waals surface area contributed by atoms with Crippen LogP contribution in [-0.4, -0.2) is 0 Å². The van der Waals surface area contributed by atoms with E-state index in [1.165, 1.54) is 66.8 Å². The minimum absolute atomic E-state index is 0.163. The number of hydrogen-bond acceptors (Lipinski definition) is 0. The standard InChI is InChI=1S/C49H42.2CH3.Hf/c1-33-15-11-23-43(35(33)3)45-25-13-21-39-27-41(29-47(39)45)49(31-37-17-7-5-8-18-37,32-38-19-9-6-10-20-38)42-28-40-22-14-26-46(48(40)30-42)44-24-12-16-34(2)36(44)4;;;/h5-30H,31-32H2,1-4H3;2*1H3;. The fourth-order valence-electron chi connectivity index (χ4n) is 10.5. The Bertz CT molecular complexity index is 2250. The van der Waals surface area contributed by atoms with Gasteiger partial charge in [0.2, 0.25) is 0 Å². The van der Waals surface area contributed by atoms with Crippen molar-refractivity contribution in [3.63, 3.8) is 0 Å². The van der Waals surface area contributed by atoms with Gasteiger partial charge in [-0.15, -0.1) is 0 Å². The molecule has 1 heteroatoms. The van der Waals surface area contributed by atoms with E-state index < -0.39 is 20.0 Å². The van der Waals surface area contributed by atoms with E-state index in [1.807, 2.05) is 0 Å². The molecule has 2 aliphatic carbocycles. The molecule has 6 aromatic rings. The van der Waals surface area contributed by atoms with Gasteiger partial charge >= 0.3 is 317 Å². The van der Waals surface area contributed by atoms with Crippen LogP contribution in [0.5, 0.6) is 0 Å². The normalized spacial score (nSPS) is 18.9. The van der Waals surface area contributed by atoms with E-state index in [2.05, 4.69) is 183 Å². The van der Waals surface area contributed by atoms with Crippen LogP contribution in [0.15, 0.2) is 145 Å². The van der Waals surface area contributed by atoms with E-state index in [4.69, 9.17) is 0 Å². The molecule has 2 atom stereocenters. The van der Waals surface area contributed by atoms with Crippen LogP contribution < -0.4 is 0 Å². The van der Waals surface area contributed by atoms with Crippen molar-refractivity contribution in [1.29, 1.82) is 0 Å². The number of aryl methyl sites for hydroxylation is 2. The number of hydrogen-bond donors (Lipinski definition) is 0. The summed E-state index contributed by atoms with van der Waals surface area (Å²) < 4.78 is 6.58. The average Bonchev–Trinajstić information content (AvgIpc) is 3.76. The molecule has 1 fully saturated rings. The van der Waals surface area contributed by atoms with E-state index in [1.54, 1.807) is 22.3 Å². The molecular weight excluding hydrogens is 791 g/mol. The fraction of sp³-hybridized carbons (Fsp3) is 0.216. The van der Waals surface area contributed by atoms with Crippen LogP contribution >= 0.6 is 0 Å². The van der Waals surface area contributed by atoms with Gasteiger partial charge in [0, 0.05) is 0 Å². The summed E-state index contributed by atoms with van der Waals surface area (Å²) in [4.78, 5) is 0. The molecule has 0 radical (unpaired) electrons.